The molecule has 0 aliphatic rings. The van der Waals surface area contributed by atoms with Crippen LogP contribution in [0.15, 0.2) is 51.4 Å². The smallest absolute Gasteiger partial charge is 0.137 e. The fraction of sp³-hybridized carbons (Fsp3) is 0.143. The molecule has 1 N–H and O–H groups in total. The maximum Gasteiger partial charge on any atom is 0.137 e. The van der Waals surface area contributed by atoms with E-state index in [2.05, 4.69) is 31.9 Å². The molecule has 2 aromatic carbocycles. The molecule has 0 bridgehead atoms. The number of benzene rings is 2. The molecular formula is C14H11Br2FO. The van der Waals surface area contributed by atoms with E-state index < -0.39 is 6.10 Å². The third kappa shape index (κ3) is 3.19. The van der Waals surface area contributed by atoms with E-state index in [4.69, 9.17) is 0 Å². The highest BCUT2D eigenvalue weighted by Crippen LogP contribution is 2.27. The second kappa shape index (κ2) is 5.95. The van der Waals surface area contributed by atoms with Gasteiger partial charge in [-0.25, -0.2) is 4.39 Å². The van der Waals surface area contributed by atoms with Crippen molar-refractivity contribution in [2.24, 2.45) is 0 Å². The molecule has 0 fully saturated rings. The average Bonchev–Trinajstić information content (AvgIpc) is 2.35. The highest BCUT2D eigenvalue weighted by molar-refractivity contribution is 9.10. The number of hydrogen-bond donors (Lipinski definition) is 1. The van der Waals surface area contributed by atoms with E-state index in [-0.39, 0.29) is 5.82 Å². The van der Waals surface area contributed by atoms with Crippen LogP contribution in [-0.4, -0.2) is 5.11 Å². The first-order valence-electron chi connectivity index (χ1n) is 5.44. The highest BCUT2D eigenvalue weighted by Gasteiger charge is 2.12. The quantitative estimate of drug-likeness (QED) is 0.831. The summed E-state index contributed by atoms with van der Waals surface area (Å²) in [6, 6.07) is 12.3. The van der Waals surface area contributed by atoms with Gasteiger partial charge in [0.15, 0.2) is 0 Å². The molecule has 0 heterocycles. The van der Waals surface area contributed by atoms with Crippen molar-refractivity contribution in [1.82, 2.24) is 0 Å². The SMILES string of the molecule is OC(Cc1cccc(F)c1Br)c1cccc(Br)c1. The second-order valence-electron chi connectivity index (χ2n) is 3.99. The molecule has 0 radical (unpaired) electrons. The number of rotatable bonds is 3. The van der Waals surface area contributed by atoms with Crippen molar-refractivity contribution in [2.45, 2.75) is 12.5 Å². The minimum atomic E-state index is -0.652. The van der Waals surface area contributed by atoms with Gasteiger partial charge in [0.05, 0.1) is 10.6 Å². The van der Waals surface area contributed by atoms with Gasteiger partial charge in [-0.1, -0.05) is 40.2 Å². The zero-order valence-corrected chi connectivity index (χ0v) is 12.6. The monoisotopic (exact) mass is 372 g/mol. The Labute approximate surface area is 122 Å². The first kappa shape index (κ1) is 13.7. The van der Waals surface area contributed by atoms with E-state index in [1.54, 1.807) is 12.1 Å². The molecule has 0 amide bonds. The molecule has 2 rings (SSSR count). The largest absolute Gasteiger partial charge is 0.388 e. The van der Waals surface area contributed by atoms with Gasteiger partial charge >= 0.3 is 0 Å². The Hall–Kier alpha value is -0.710. The van der Waals surface area contributed by atoms with Crippen molar-refractivity contribution in [2.75, 3.05) is 0 Å². The lowest BCUT2D eigenvalue weighted by Gasteiger charge is -2.13. The van der Waals surface area contributed by atoms with Crippen LogP contribution in [-0.2, 0) is 6.42 Å². The van der Waals surface area contributed by atoms with E-state index in [0.717, 1.165) is 15.6 Å². The second-order valence-corrected chi connectivity index (χ2v) is 5.70. The molecular weight excluding hydrogens is 363 g/mol. The van der Waals surface area contributed by atoms with Crippen LogP contribution in [0.25, 0.3) is 0 Å². The third-order valence-electron chi connectivity index (χ3n) is 2.68. The molecule has 0 aliphatic carbocycles. The Morgan fingerprint density at radius 1 is 1.11 bits per heavy atom. The van der Waals surface area contributed by atoms with Gasteiger partial charge in [-0.3, -0.25) is 0 Å². The summed E-state index contributed by atoms with van der Waals surface area (Å²) in [5.41, 5.74) is 1.56. The molecule has 0 aromatic heterocycles. The van der Waals surface area contributed by atoms with Gasteiger partial charge < -0.3 is 5.11 Å². The maximum atomic E-state index is 13.4. The van der Waals surface area contributed by atoms with Gasteiger partial charge in [-0.2, -0.15) is 0 Å². The summed E-state index contributed by atoms with van der Waals surface area (Å²) < 4.78 is 14.7. The van der Waals surface area contributed by atoms with Crippen LogP contribution in [0.5, 0.6) is 0 Å². The highest BCUT2D eigenvalue weighted by atomic mass is 79.9. The van der Waals surface area contributed by atoms with Crippen LogP contribution in [0.4, 0.5) is 4.39 Å². The number of aliphatic hydroxyl groups excluding tert-OH is 1. The topological polar surface area (TPSA) is 20.2 Å². The van der Waals surface area contributed by atoms with E-state index in [9.17, 15) is 9.50 Å². The Balaban J connectivity index is 2.21. The number of hydrogen-bond acceptors (Lipinski definition) is 1. The van der Waals surface area contributed by atoms with Crippen molar-refractivity contribution in [3.05, 3.63) is 68.4 Å². The molecule has 0 saturated carbocycles. The normalized spacial score (nSPS) is 12.4. The molecule has 4 heteroatoms. The maximum absolute atomic E-state index is 13.4. The van der Waals surface area contributed by atoms with Gasteiger partial charge in [0.1, 0.15) is 5.82 Å². The average molecular weight is 374 g/mol. The Bertz CT molecular complexity index is 557. The van der Waals surface area contributed by atoms with Crippen LogP contribution in [0.1, 0.15) is 17.2 Å². The Morgan fingerprint density at radius 2 is 1.83 bits per heavy atom. The molecule has 1 nitrogen and oxygen atoms in total. The first-order valence-corrected chi connectivity index (χ1v) is 7.03. The standard InChI is InChI=1S/C14H11Br2FO/c15-11-5-1-3-9(7-11)13(18)8-10-4-2-6-12(17)14(10)16/h1-7,13,18H,8H2. The molecule has 1 unspecified atom stereocenters. The Morgan fingerprint density at radius 3 is 2.56 bits per heavy atom. The summed E-state index contributed by atoms with van der Waals surface area (Å²) in [5.74, 6) is -0.311. The molecule has 18 heavy (non-hydrogen) atoms. The lowest BCUT2D eigenvalue weighted by molar-refractivity contribution is 0.178. The first-order chi connectivity index (χ1) is 8.58. The van der Waals surface area contributed by atoms with Gasteiger partial charge in [0.2, 0.25) is 0 Å². The van der Waals surface area contributed by atoms with Gasteiger partial charge in [-0.15, -0.1) is 0 Å². The predicted octanol–water partition coefficient (Wildman–Crippen LogP) is 4.63. The van der Waals surface area contributed by atoms with E-state index >= 15 is 0 Å². The van der Waals surface area contributed by atoms with Crippen molar-refractivity contribution < 1.29 is 9.50 Å². The lowest BCUT2D eigenvalue weighted by atomic mass is 10.0. The minimum Gasteiger partial charge on any atom is -0.388 e. The van der Waals surface area contributed by atoms with Crippen LogP contribution in [0.3, 0.4) is 0 Å². The third-order valence-corrected chi connectivity index (χ3v) is 4.06. The molecule has 2 aromatic rings. The summed E-state index contributed by atoms with van der Waals surface area (Å²) in [6.45, 7) is 0. The summed E-state index contributed by atoms with van der Waals surface area (Å²) in [5, 5.41) is 10.1. The van der Waals surface area contributed by atoms with E-state index in [1.165, 1.54) is 6.07 Å². The van der Waals surface area contributed by atoms with Crippen molar-refractivity contribution in [1.29, 1.82) is 0 Å². The molecule has 0 aliphatic heterocycles. The number of aliphatic hydroxyl groups is 1. The van der Waals surface area contributed by atoms with Crippen molar-refractivity contribution >= 4 is 31.9 Å². The number of halogens is 3. The van der Waals surface area contributed by atoms with Crippen LogP contribution < -0.4 is 0 Å². The van der Waals surface area contributed by atoms with Crippen LogP contribution in [0, 0.1) is 5.82 Å². The molecule has 0 saturated heterocycles. The van der Waals surface area contributed by atoms with Crippen molar-refractivity contribution in [3.8, 4) is 0 Å². The van der Waals surface area contributed by atoms with Gasteiger partial charge in [0.25, 0.3) is 0 Å². The summed E-state index contributed by atoms with van der Waals surface area (Å²) in [7, 11) is 0. The fourth-order valence-corrected chi connectivity index (χ4v) is 2.59. The van der Waals surface area contributed by atoms with Gasteiger partial charge in [-0.05, 0) is 45.3 Å². The predicted molar refractivity (Wildman–Crippen MR) is 76.9 cm³/mol. The Kier molecular flexibility index (Phi) is 4.54. The zero-order valence-electron chi connectivity index (χ0n) is 9.41. The van der Waals surface area contributed by atoms with Crippen LogP contribution >= 0.6 is 31.9 Å². The van der Waals surface area contributed by atoms with Crippen molar-refractivity contribution in [3.63, 3.8) is 0 Å². The fourth-order valence-electron chi connectivity index (χ4n) is 1.75. The molecule has 94 valence electrons. The summed E-state index contributed by atoms with van der Waals surface area (Å²) in [4.78, 5) is 0. The van der Waals surface area contributed by atoms with E-state index in [1.807, 2.05) is 24.3 Å². The van der Waals surface area contributed by atoms with E-state index in [0.29, 0.717) is 10.9 Å². The van der Waals surface area contributed by atoms with Crippen LogP contribution in [0.2, 0.25) is 0 Å². The lowest BCUT2D eigenvalue weighted by Crippen LogP contribution is -2.03. The van der Waals surface area contributed by atoms with Gasteiger partial charge in [0, 0.05) is 10.9 Å². The zero-order chi connectivity index (χ0) is 13.1. The summed E-state index contributed by atoms with van der Waals surface area (Å²) >= 11 is 6.56. The molecule has 0 spiro atoms. The molecule has 1 atom stereocenters. The summed E-state index contributed by atoms with van der Waals surface area (Å²) in [6.07, 6.45) is -0.282. The minimum absolute atomic E-state index is 0.311.